The number of nitrogens with one attached hydrogen (secondary N) is 1. The highest BCUT2D eigenvalue weighted by Gasteiger charge is 2.45. The van der Waals surface area contributed by atoms with Crippen molar-refractivity contribution < 1.29 is 23.8 Å². The quantitative estimate of drug-likeness (QED) is 0.560. The standard InChI is InChI=1S/C31H41N3O5/c1-37-27-18-22-14-16-33-29-25(22)17-23(27)13-7-4-3-5-10-15-32-28(21-11-8-6-9-12-21)30(35)34-20-24(39-29)19-26(34)31(36)38-2/h7,13-14,16-18,21,24,26,28,32H,3-6,8-12,15,19-20H2,1-2H3/b13-7-/t24-,26+,28+/m1/s1. The lowest BCUT2D eigenvalue weighted by molar-refractivity contribution is -0.152. The summed E-state index contributed by atoms with van der Waals surface area (Å²) in [5.41, 5.74) is 0.969. The summed E-state index contributed by atoms with van der Waals surface area (Å²) in [5, 5.41) is 5.44. The molecule has 2 aromatic rings. The number of carbonyl (C=O) groups is 2. The number of nitrogens with zero attached hydrogens (tertiary/aromatic N) is 2. The molecule has 1 aromatic carbocycles. The largest absolute Gasteiger partial charge is 0.496 e. The highest BCUT2D eigenvalue weighted by Crippen LogP contribution is 2.34. The molecule has 1 saturated carbocycles. The van der Waals surface area contributed by atoms with E-state index in [1.807, 2.05) is 12.1 Å². The van der Waals surface area contributed by atoms with Crippen LogP contribution in [0.5, 0.6) is 11.6 Å². The maximum atomic E-state index is 14.1. The van der Waals surface area contributed by atoms with E-state index in [0.29, 0.717) is 18.8 Å². The van der Waals surface area contributed by atoms with Crippen molar-refractivity contribution >= 4 is 28.7 Å². The van der Waals surface area contributed by atoms with Crippen LogP contribution in [-0.4, -0.2) is 67.3 Å². The second-order valence-electron chi connectivity index (χ2n) is 11.0. The molecule has 8 nitrogen and oxygen atoms in total. The van der Waals surface area contributed by atoms with Gasteiger partial charge in [0, 0.05) is 23.6 Å². The Morgan fingerprint density at radius 2 is 1.92 bits per heavy atom. The number of benzene rings is 1. The van der Waals surface area contributed by atoms with Crippen LogP contribution in [0.2, 0.25) is 0 Å². The third-order valence-corrected chi connectivity index (χ3v) is 8.47. The number of carbonyl (C=O) groups excluding carboxylic acids is 2. The molecule has 0 spiro atoms. The molecule has 3 heterocycles. The van der Waals surface area contributed by atoms with E-state index in [-0.39, 0.29) is 24.0 Å². The number of rotatable bonds is 3. The number of allylic oxidation sites excluding steroid dienone is 1. The van der Waals surface area contributed by atoms with Crippen LogP contribution in [0.4, 0.5) is 0 Å². The van der Waals surface area contributed by atoms with Gasteiger partial charge in [0.2, 0.25) is 11.8 Å². The summed E-state index contributed by atoms with van der Waals surface area (Å²) in [6.45, 7) is 1.11. The number of methoxy groups -OCH3 is 2. The third-order valence-electron chi connectivity index (χ3n) is 8.47. The molecule has 1 aliphatic carbocycles. The molecule has 8 heteroatoms. The fourth-order valence-electron chi connectivity index (χ4n) is 6.37. The van der Waals surface area contributed by atoms with E-state index in [0.717, 1.165) is 80.0 Å². The molecule has 3 atom stereocenters. The lowest BCUT2D eigenvalue weighted by Gasteiger charge is -2.34. The number of hydrogen-bond acceptors (Lipinski definition) is 7. The van der Waals surface area contributed by atoms with E-state index in [2.05, 4.69) is 28.5 Å². The highest BCUT2D eigenvalue weighted by molar-refractivity contribution is 5.91. The zero-order chi connectivity index (χ0) is 27.2. The summed E-state index contributed by atoms with van der Waals surface area (Å²) >= 11 is 0. The zero-order valence-electron chi connectivity index (χ0n) is 23.2. The smallest absolute Gasteiger partial charge is 0.328 e. The first-order valence-corrected chi connectivity index (χ1v) is 14.5. The van der Waals surface area contributed by atoms with Gasteiger partial charge < -0.3 is 24.4 Å². The van der Waals surface area contributed by atoms with Crippen LogP contribution in [0, 0.1) is 5.92 Å². The Labute approximate surface area is 231 Å². The molecule has 4 bridgehead atoms. The van der Waals surface area contributed by atoms with Crippen molar-refractivity contribution in [3.63, 3.8) is 0 Å². The van der Waals surface area contributed by atoms with Crippen LogP contribution >= 0.6 is 0 Å². The predicted octanol–water partition coefficient (Wildman–Crippen LogP) is 4.89. The molecule has 39 heavy (non-hydrogen) atoms. The second kappa shape index (κ2) is 12.8. The number of pyridine rings is 1. The first-order valence-electron chi connectivity index (χ1n) is 14.5. The molecule has 0 unspecified atom stereocenters. The van der Waals surface area contributed by atoms with Gasteiger partial charge in [-0.3, -0.25) is 4.79 Å². The van der Waals surface area contributed by atoms with E-state index >= 15 is 0 Å². The topological polar surface area (TPSA) is 90.0 Å². The first-order chi connectivity index (χ1) is 19.1. The fourth-order valence-corrected chi connectivity index (χ4v) is 6.37. The lowest BCUT2D eigenvalue weighted by atomic mass is 9.83. The molecule has 2 fully saturated rings. The molecule has 5 rings (SSSR count). The zero-order valence-corrected chi connectivity index (χ0v) is 23.2. The van der Waals surface area contributed by atoms with Crippen molar-refractivity contribution in [1.29, 1.82) is 0 Å². The number of fused-ring (bicyclic) bond motifs is 3. The Balaban J connectivity index is 1.49. The molecule has 1 aromatic heterocycles. The van der Waals surface area contributed by atoms with E-state index in [1.54, 1.807) is 18.2 Å². The second-order valence-corrected chi connectivity index (χ2v) is 11.0. The van der Waals surface area contributed by atoms with Gasteiger partial charge in [-0.25, -0.2) is 9.78 Å². The molecule has 0 radical (unpaired) electrons. The lowest BCUT2D eigenvalue weighted by Crippen LogP contribution is -2.54. The van der Waals surface area contributed by atoms with Gasteiger partial charge in [0.25, 0.3) is 0 Å². The third kappa shape index (κ3) is 6.21. The number of esters is 1. The summed E-state index contributed by atoms with van der Waals surface area (Å²) in [6.07, 6.45) is 15.7. The van der Waals surface area contributed by atoms with Crippen LogP contribution in [0.25, 0.3) is 16.8 Å². The van der Waals surface area contributed by atoms with E-state index in [4.69, 9.17) is 14.2 Å². The van der Waals surface area contributed by atoms with Crippen molar-refractivity contribution in [3.05, 3.63) is 36.0 Å². The highest BCUT2D eigenvalue weighted by atomic mass is 16.5. The summed E-state index contributed by atoms with van der Waals surface area (Å²) in [4.78, 5) is 33.2. The Kier molecular flexibility index (Phi) is 9.02. The summed E-state index contributed by atoms with van der Waals surface area (Å²) < 4.78 is 17.3. The van der Waals surface area contributed by atoms with Gasteiger partial charge in [0.1, 0.15) is 17.9 Å². The fraction of sp³-hybridized carbons (Fsp3) is 0.581. The average Bonchev–Trinajstić information content (AvgIpc) is 3.39. The number of hydrogen-bond donors (Lipinski definition) is 1. The van der Waals surface area contributed by atoms with Gasteiger partial charge in [-0.2, -0.15) is 0 Å². The minimum Gasteiger partial charge on any atom is -0.496 e. The van der Waals surface area contributed by atoms with E-state index < -0.39 is 12.0 Å². The van der Waals surface area contributed by atoms with Crippen molar-refractivity contribution in [2.24, 2.45) is 5.92 Å². The monoisotopic (exact) mass is 535 g/mol. The SMILES string of the molecule is COC(=O)[C@@H]1C[C@@H]2CN1C(=O)[C@H](C1CCCCC1)NCCCCC/C=C\c1cc3c(nccc3cc1OC)O2. The van der Waals surface area contributed by atoms with Gasteiger partial charge in [-0.1, -0.05) is 37.8 Å². The van der Waals surface area contributed by atoms with Crippen molar-refractivity contribution in [2.75, 3.05) is 27.3 Å². The molecule has 1 saturated heterocycles. The maximum Gasteiger partial charge on any atom is 0.328 e. The van der Waals surface area contributed by atoms with Crippen LogP contribution in [0.1, 0.15) is 69.8 Å². The van der Waals surface area contributed by atoms with Crippen molar-refractivity contribution in [1.82, 2.24) is 15.2 Å². The number of aromatic nitrogens is 1. The molecular formula is C31H41N3O5. The summed E-state index contributed by atoms with van der Waals surface area (Å²) in [7, 11) is 3.06. The van der Waals surface area contributed by atoms with Crippen LogP contribution in [0.15, 0.2) is 30.5 Å². The Bertz CT molecular complexity index is 1190. The normalized spacial score (nSPS) is 26.1. The Morgan fingerprint density at radius 3 is 2.72 bits per heavy atom. The summed E-state index contributed by atoms with van der Waals surface area (Å²) in [6, 6.07) is 5.03. The molecule has 1 amide bonds. The molecule has 1 N–H and O–H groups in total. The number of amides is 1. The Hall–Kier alpha value is -3.13. The Morgan fingerprint density at radius 1 is 1.10 bits per heavy atom. The minimum atomic E-state index is -0.670. The van der Waals surface area contributed by atoms with E-state index in [9.17, 15) is 9.59 Å². The van der Waals surface area contributed by atoms with Crippen molar-refractivity contribution in [2.45, 2.75) is 82.4 Å². The molecular weight excluding hydrogens is 494 g/mol. The van der Waals surface area contributed by atoms with Crippen LogP contribution < -0.4 is 14.8 Å². The average molecular weight is 536 g/mol. The molecule has 2 aliphatic heterocycles. The summed E-state index contributed by atoms with van der Waals surface area (Å²) in [5.74, 6) is 1.17. The van der Waals surface area contributed by atoms with Gasteiger partial charge in [-0.05, 0) is 68.2 Å². The van der Waals surface area contributed by atoms with Crippen LogP contribution in [0.3, 0.4) is 0 Å². The van der Waals surface area contributed by atoms with Gasteiger partial charge >= 0.3 is 5.97 Å². The van der Waals surface area contributed by atoms with Crippen molar-refractivity contribution in [3.8, 4) is 11.6 Å². The maximum absolute atomic E-state index is 14.1. The van der Waals surface area contributed by atoms with Gasteiger partial charge in [0.15, 0.2) is 0 Å². The van der Waals surface area contributed by atoms with Gasteiger partial charge in [-0.15, -0.1) is 0 Å². The minimum absolute atomic E-state index is 0.00893. The molecule has 3 aliphatic rings. The van der Waals surface area contributed by atoms with Gasteiger partial charge in [0.05, 0.1) is 26.8 Å². The number of ether oxygens (including phenoxy) is 3. The predicted molar refractivity (Wildman–Crippen MR) is 151 cm³/mol. The van der Waals surface area contributed by atoms with Crippen LogP contribution in [-0.2, 0) is 14.3 Å². The first kappa shape index (κ1) is 27.4. The molecule has 210 valence electrons. The van der Waals surface area contributed by atoms with E-state index in [1.165, 1.54) is 13.5 Å².